The van der Waals surface area contributed by atoms with Crippen molar-refractivity contribution in [2.75, 3.05) is 0 Å². The highest BCUT2D eigenvalue weighted by Gasteiger charge is 2.21. The van der Waals surface area contributed by atoms with E-state index in [2.05, 4.69) is 5.32 Å². The lowest BCUT2D eigenvalue weighted by Gasteiger charge is -2.26. The lowest BCUT2D eigenvalue weighted by molar-refractivity contribution is 0.0867. The molecule has 1 amide bonds. The fraction of sp³-hybridized carbons (Fsp3) is 0.500. The Morgan fingerprint density at radius 3 is 2.61 bits per heavy atom. The second kappa shape index (κ2) is 5.48. The molecule has 1 saturated carbocycles. The van der Waals surface area contributed by atoms with Crippen LogP contribution in [0.1, 0.15) is 41.6 Å². The van der Waals surface area contributed by atoms with Crippen molar-refractivity contribution in [3.05, 3.63) is 35.1 Å². The number of carbonyl (C=O) groups is 1. The molecule has 0 aromatic heterocycles. The third kappa shape index (κ3) is 3.07. The Bertz CT molecular complexity index is 439. The molecular weight excluding hydrogens is 233 g/mol. The summed E-state index contributed by atoms with van der Waals surface area (Å²) in [5, 5.41) is 12.3. The number of carbonyl (C=O) groups excluding carboxylic acids is 1. The van der Waals surface area contributed by atoms with Gasteiger partial charge in [-0.1, -0.05) is 0 Å². The molecule has 0 spiro atoms. The Labute approximate surface area is 106 Å². The highest BCUT2D eigenvalue weighted by molar-refractivity contribution is 5.94. The van der Waals surface area contributed by atoms with Gasteiger partial charge in [0.1, 0.15) is 5.82 Å². The van der Waals surface area contributed by atoms with Gasteiger partial charge in [0, 0.05) is 11.6 Å². The first-order valence-corrected chi connectivity index (χ1v) is 6.31. The predicted octanol–water partition coefficient (Wildman–Crippen LogP) is 2.17. The number of hydrogen-bond donors (Lipinski definition) is 2. The molecule has 0 saturated heterocycles. The van der Waals surface area contributed by atoms with E-state index in [0.29, 0.717) is 11.1 Å². The molecule has 0 heterocycles. The molecule has 1 aliphatic rings. The number of nitrogens with one attached hydrogen (secondary N) is 1. The molecule has 1 aromatic rings. The molecule has 4 heteroatoms. The molecule has 2 N–H and O–H groups in total. The third-order valence-electron chi connectivity index (χ3n) is 3.45. The summed E-state index contributed by atoms with van der Waals surface area (Å²) >= 11 is 0. The molecule has 0 radical (unpaired) electrons. The van der Waals surface area contributed by atoms with Gasteiger partial charge in [-0.2, -0.15) is 0 Å². The zero-order valence-electron chi connectivity index (χ0n) is 10.4. The van der Waals surface area contributed by atoms with Crippen LogP contribution in [-0.2, 0) is 0 Å². The number of halogens is 1. The summed E-state index contributed by atoms with van der Waals surface area (Å²) in [6.07, 6.45) is 2.83. The van der Waals surface area contributed by atoms with Crippen LogP contribution in [0.25, 0.3) is 0 Å². The standard InChI is InChI=1S/C14H18FNO2/c1-9-8-10(2-7-13(9)15)14(18)16-11-3-5-12(17)6-4-11/h2,7-8,11-12,17H,3-6H2,1H3,(H,16,18). The van der Waals surface area contributed by atoms with Crippen molar-refractivity contribution in [3.63, 3.8) is 0 Å². The van der Waals surface area contributed by atoms with Crippen molar-refractivity contribution >= 4 is 5.91 Å². The first-order chi connectivity index (χ1) is 8.56. The van der Waals surface area contributed by atoms with E-state index in [4.69, 9.17) is 0 Å². The fourth-order valence-electron chi connectivity index (χ4n) is 2.27. The highest BCUT2D eigenvalue weighted by Crippen LogP contribution is 2.19. The lowest BCUT2D eigenvalue weighted by atomic mass is 9.93. The monoisotopic (exact) mass is 251 g/mol. The Morgan fingerprint density at radius 2 is 2.00 bits per heavy atom. The van der Waals surface area contributed by atoms with Crippen molar-refractivity contribution in [2.24, 2.45) is 0 Å². The van der Waals surface area contributed by atoms with E-state index in [0.717, 1.165) is 25.7 Å². The van der Waals surface area contributed by atoms with Crippen LogP contribution < -0.4 is 5.32 Å². The summed E-state index contributed by atoms with van der Waals surface area (Å²) in [4.78, 5) is 12.0. The molecule has 3 nitrogen and oxygen atoms in total. The summed E-state index contributed by atoms with van der Waals surface area (Å²) in [5.41, 5.74) is 0.960. The quantitative estimate of drug-likeness (QED) is 0.846. The zero-order valence-corrected chi connectivity index (χ0v) is 10.4. The smallest absolute Gasteiger partial charge is 0.251 e. The Balaban J connectivity index is 1.97. The summed E-state index contributed by atoms with van der Waals surface area (Å²) in [6.45, 7) is 1.64. The minimum absolute atomic E-state index is 0.117. The zero-order chi connectivity index (χ0) is 13.1. The number of benzene rings is 1. The van der Waals surface area contributed by atoms with Crippen LogP contribution in [0.4, 0.5) is 4.39 Å². The van der Waals surface area contributed by atoms with Gasteiger partial charge < -0.3 is 10.4 Å². The molecule has 18 heavy (non-hydrogen) atoms. The van der Waals surface area contributed by atoms with E-state index in [1.807, 2.05) is 0 Å². The number of aliphatic hydroxyl groups excluding tert-OH is 1. The molecule has 98 valence electrons. The van der Waals surface area contributed by atoms with Crippen molar-refractivity contribution in [2.45, 2.75) is 44.8 Å². The molecule has 0 atom stereocenters. The van der Waals surface area contributed by atoms with Crippen molar-refractivity contribution in [1.82, 2.24) is 5.32 Å². The molecule has 0 aliphatic heterocycles. The van der Waals surface area contributed by atoms with Crippen molar-refractivity contribution in [3.8, 4) is 0 Å². The molecular formula is C14H18FNO2. The molecule has 1 aromatic carbocycles. The van der Waals surface area contributed by atoms with E-state index in [9.17, 15) is 14.3 Å². The highest BCUT2D eigenvalue weighted by atomic mass is 19.1. The number of hydrogen-bond acceptors (Lipinski definition) is 2. The molecule has 1 fully saturated rings. The topological polar surface area (TPSA) is 49.3 Å². The maximum Gasteiger partial charge on any atom is 0.251 e. The normalized spacial score (nSPS) is 23.7. The first-order valence-electron chi connectivity index (χ1n) is 6.31. The maximum absolute atomic E-state index is 13.1. The summed E-state index contributed by atoms with van der Waals surface area (Å²) in [5.74, 6) is -0.466. The van der Waals surface area contributed by atoms with E-state index >= 15 is 0 Å². The fourth-order valence-corrected chi connectivity index (χ4v) is 2.27. The van der Waals surface area contributed by atoms with E-state index in [-0.39, 0.29) is 23.9 Å². The van der Waals surface area contributed by atoms with Crippen LogP contribution in [0.2, 0.25) is 0 Å². The third-order valence-corrected chi connectivity index (χ3v) is 3.45. The molecule has 0 bridgehead atoms. The molecule has 2 rings (SSSR count). The summed E-state index contributed by atoms with van der Waals surface area (Å²) in [6, 6.07) is 4.48. The summed E-state index contributed by atoms with van der Waals surface area (Å²) in [7, 11) is 0. The van der Waals surface area contributed by atoms with Crippen LogP contribution >= 0.6 is 0 Å². The van der Waals surface area contributed by atoms with Gasteiger partial charge in [0.15, 0.2) is 0 Å². The summed E-state index contributed by atoms with van der Waals surface area (Å²) < 4.78 is 13.1. The van der Waals surface area contributed by atoms with Crippen LogP contribution in [-0.4, -0.2) is 23.2 Å². The van der Waals surface area contributed by atoms with Crippen molar-refractivity contribution in [1.29, 1.82) is 0 Å². The van der Waals surface area contributed by atoms with Gasteiger partial charge in [0.25, 0.3) is 5.91 Å². The lowest BCUT2D eigenvalue weighted by Crippen LogP contribution is -2.38. The predicted molar refractivity (Wildman–Crippen MR) is 66.9 cm³/mol. The number of rotatable bonds is 2. The van der Waals surface area contributed by atoms with Gasteiger partial charge in [-0.25, -0.2) is 4.39 Å². The van der Waals surface area contributed by atoms with E-state index in [1.165, 1.54) is 12.1 Å². The second-order valence-electron chi connectivity index (χ2n) is 4.94. The average molecular weight is 251 g/mol. The van der Waals surface area contributed by atoms with Crippen LogP contribution in [0.5, 0.6) is 0 Å². The van der Waals surface area contributed by atoms with E-state index < -0.39 is 0 Å². The van der Waals surface area contributed by atoms with Crippen LogP contribution in [0.3, 0.4) is 0 Å². The van der Waals surface area contributed by atoms with Crippen LogP contribution in [0, 0.1) is 12.7 Å². The Morgan fingerprint density at radius 1 is 1.33 bits per heavy atom. The van der Waals surface area contributed by atoms with Crippen molar-refractivity contribution < 1.29 is 14.3 Å². The van der Waals surface area contributed by atoms with Gasteiger partial charge in [-0.05, 0) is 56.4 Å². The number of amides is 1. The van der Waals surface area contributed by atoms with Gasteiger partial charge >= 0.3 is 0 Å². The number of aliphatic hydroxyl groups is 1. The van der Waals surface area contributed by atoms with Gasteiger partial charge in [-0.3, -0.25) is 4.79 Å². The minimum atomic E-state index is -0.299. The SMILES string of the molecule is Cc1cc(C(=O)NC2CCC(O)CC2)ccc1F. The Kier molecular flexibility index (Phi) is 3.97. The Hall–Kier alpha value is -1.42. The van der Waals surface area contributed by atoms with Gasteiger partial charge in [-0.15, -0.1) is 0 Å². The average Bonchev–Trinajstić information content (AvgIpc) is 2.35. The minimum Gasteiger partial charge on any atom is -0.393 e. The van der Waals surface area contributed by atoms with Crippen LogP contribution in [0.15, 0.2) is 18.2 Å². The van der Waals surface area contributed by atoms with Gasteiger partial charge in [0.05, 0.1) is 6.10 Å². The molecule has 0 unspecified atom stereocenters. The second-order valence-corrected chi connectivity index (χ2v) is 4.94. The van der Waals surface area contributed by atoms with E-state index in [1.54, 1.807) is 13.0 Å². The van der Waals surface area contributed by atoms with Gasteiger partial charge in [0.2, 0.25) is 0 Å². The number of aryl methyl sites for hydroxylation is 1. The maximum atomic E-state index is 13.1. The first kappa shape index (κ1) is 13.0. The largest absolute Gasteiger partial charge is 0.393 e. The molecule has 1 aliphatic carbocycles.